The van der Waals surface area contributed by atoms with E-state index in [-0.39, 0.29) is 11.9 Å². The number of rotatable bonds is 4. The van der Waals surface area contributed by atoms with Gasteiger partial charge in [0.05, 0.1) is 17.4 Å². The molecule has 1 aliphatic rings. The Morgan fingerprint density at radius 3 is 2.95 bits per heavy atom. The van der Waals surface area contributed by atoms with E-state index in [1.165, 1.54) is 6.42 Å². The molecule has 1 amide bonds. The largest absolute Gasteiger partial charge is 0.344 e. The lowest BCUT2D eigenvalue weighted by atomic mass is 10.1. The second-order valence-electron chi connectivity index (χ2n) is 6.45. The summed E-state index contributed by atoms with van der Waals surface area (Å²) >= 11 is 0. The average Bonchev–Trinajstić information content (AvgIpc) is 3.12. The van der Waals surface area contributed by atoms with Crippen molar-refractivity contribution in [1.82, 2.24) is 19.4 Å². The zero-order valence-corrected chi connectivity index (χ0v) is 13.6. The summed E-state index contributed by atoms with van der Waals surface area (Å²) in [6, 6.07) is 7.71. The van der Waals surface area contributed by atoms with Crippen LogP contribution in [0, 0.1) is 5.92 Å². The van der Waals surface area contributed by atoms with Crippen LogP contribution in [0.1, 0.15) is 19.4 Å². The SMILES string of the molecule is CC(C(=O)N(C)CC1CCN(C)C1)n1cnc2ccccc21. The van der Waals surface area contributed by atoms with Gasteiger partial charge in [-0.2, -0.15) is 0 Å². The maximum Gasteiger partial charge on any atom is 0.245 e. The fourth-order valence-corrected chi connectivity index (χ4v) is 3.38. The van der Waals surface area contributed by atoms with Crippen molar-refractivity contribution >= 4 is 16.9 Å². The van der Waals surface area contributed by atoms with Crippen LogP contribution in [0.4, 0.5) is 0 Å². The molecule has 1 aromatic carbocycles. The van der Waals surface area contributed by atoms with Crippen LogP contribution in [0.2, 0.25) is 0 Å². The van der Waals surface area contributed by atoms with Gasteiger partial charge in [0.2, 0.25) is 5.91 Å². The molecule has 0 radical (unpaired) electrons. The number of fused-ring (bicyclic) bond motifs is 1. The maximum atomic E-state index is 12.7. The van der Waals surface area contributed by atoms with E-state index in [1.54, 1.807) is 6.33 Å². The maximum absolute atomic E-state index is 12.7. The number of amides is 1. The molecule has 118 valence electrons. The molecule has 1 aromatic heterocycles. The van der Waals surface area contributed by atoms with E-state index < -0.39 is 0 Å². The number of hydrogen-bond donors (Lipinski definition) is 0. The summed E-state index contributed by atoms with van der Waals surface area (Å²) in [5.41, 5.74) is 1.94. The molecular weight excluding hydrogens is 276 g/mol. The quantitative estimate of drug-likeness (QED) is 0.867. The summed E-state index contributed by atoms with van der Waals surface area (Å²) in [7, 11) is 4.05. The molecule has 5 nitrogen and oxygen atoms in total. The van der Waals surface area contributed by atoms with Gasteiger partial charge in [0.15, 0.2) is 0 Å². The average molecular weight is 300 g/mol. The molecule has 2 aromatic rings. The van der Waals surface area contributed by atoms with Crippen LogP contribution in [0.15, 0.2) is 30.6 Å². The number of aromatic nitrogens is 2. The third kappa shape index (κ3) is 2.86. The summed E-state index contributed by atoms with van der Waals surface area (Å²) in [6.45, 7) is 5.00. The molecule has 0 N–H and O–H groups in total. The first-order valence-corrected chi connectivity index (χ1v) is 7.91. The van der Waals surface area contributed by atoms with Gasteiger partial charge < -0.3 is 14.4 Å². The molecule has 22 heavy (non-hydrogen) atoms. The van der Waals surface area contributed by atoms with Gasteiger partial charge in [-0.15, -0.1) is 0 Å². The molecular formula is C17H24N4O. The Labute approximate surface area is 131 Å². The van der Waals surface area contributed by atoms with Crippen molar-refractivity contribution in [3.05, 3.63) is 30.6 Å². The first kappa shape index (κ1) is 15.0. The topological polar surface area (TPSA) is 41.4 Å². The van der Waals surface area contributed by atoms with Crippen molar-refractivity contribution < 1.29 is 4.79 Å². The molecule has 2 heterocycles. The second-order valence-corrected chi connectivity index (χ2v) is 6.45. The molecule has 2 unspecified atom stereocenters. The number of hydrogen-bond acceptors (Lipinski definition) is 3. The summed E-state index contributed by atoms with van der Waals surface area (Å²) in [6.07, 6.45) is 2.95. The van der Waals surface area contributed by atoms with E-state index in [4.69, 9.17) is 0 Å². The summed E-state index contributed by atoms with van der Waals surface area (Å²) in [4.78, 5) is 21.3. The third-order valence-electron chi connectivity index (χ3n) is 4.65. The number of benzene rings is 1. The minimum atomic E-state index is -0.225. The predicted octanol–water partition coefficient (Wildman–Crippen LogP) is 2.01. The standard InChI is InChI=1S/C17H24N4O/c1-13(21-12-18-15-6-4-5-7-16(15)21)17(22)20(3)11-14-8-9-19(2)10-14/h4-7,12-14H,8-11H2,1-3H3. The molecule has 0 aliphatic carbocycles. The highest BCUT2D eigenvalue weighted by molar-refractivity contribution is 5.83. The number of nitrogens with zero attached hydrogens (tertiary/aromatic N) is 4. The monoisotopic (exact) mass is 300 g/mol. The van der Waals surface area contributed by atoms with Gasteiger partial charge in [0.25, 0.3) is 0 Å². The smallest absolute Gasteiger partial charge is 0.245 e. The number of carbonyl (C=O) groups excluding carboxylic acids is 1. The number of carbonyl (C=O) groups is 1. The van der Waals surface area contributed by atoms with Crippen LogP contribution in [-0.2, 0) is 4.79 Å². The minimum Gasteiger partial charge on any atom is -0.344 e. The summed E-state index contributed by atoms with van der Waals surface area (Å²) < 4.78 is 1.97. The van der Waals surface area contributed by atoms with E-state index in [9.17, 15) is 4.79 Å². The minimum absolute atomic E-state index is 0.151. The van der Waals surface area contributed by atoms with Gasteiger partial charge in [-0.05, 0) is 45.0 Å². The number of para-hydroxylation sites is 2. The van der Waals surface area contributed by atoms with Crippen molar-refractivity contribution in [2.45, 2.75) is 19.4 Å². The molecule has 1 fully saturated rings. The molecule has 0 spiro atoms. The Morgan fingerprint density at radius 1 is 1.45 bits per heavy atom. The number of likely N-dealkylation sites (tertiary alicyclic amines) is 1. The summed E-state index contributed by atoms with van der Waals surface area (Å²) in [5, 5.41) is 0. The van der Waals surface area contributed by atoms with E-state index in [0.29, 0.717) is 5.92 Å². The molecule has 1 aliphatic heterocycles. The van der Waals surface area contributed by atoms with Crippen LogP contribution in [0.5, 0.6) is 0 Å². The molecule has 1 saturated heterocycles. The van der Waals surface area contributed by atoms with Crippen LogP contribution in [0.25, 0.3) is 11.0 Å². The highest BCUT2D eigenvalue weighted by Crippen LogP contribution is 2.20. The van der Waals surface area contributed by atoms with Crippen LogP contribution in [-0.4, -0.2) is 59.0 Å². The highest BCUT2D eigenvalue weighted by atomic mass is 16.2. The van der Waals surface area contributed by atoms with Crippen molar-refractivity contribution in [1.29, 1.82) is 0 Å². The number of likely N-dealkylation sites (N-methyl/N-ethyl adjacent to an activating group) is 1. The van der Waals surface area contributed by atoms with E-state index in [1.807, 2.05) is 47.7 Å². The van der Waals surface area contributed by atoms with Gasteiger partial charge in [-0.25, -0.2) is 4.98 Å². The van der Waals surface area contributed by atoms with Crippen molar-refractivity contribution in [2.75, 3.05) is 33.7 Å². The summed E-state index contributed by atoms with van der Waals surface area (Å²) in [5.74, 6) is 0.739. The normalized spacial score (nSPS) is 20.4. The van der Waals surface area contributed by atoms with E-state index in [0.717, 1.165) is 30.7 Å². The zero-order valence-electron chi connectivity index (χ0n) is 13.6. The molecule has 3 rings (SSSR count). The molecule has 0 bridgehead atoms. The first-order valence-electron chi connectivity index (χ1n) is 7.91. The van der Waals surface area contributed by atoms with Gasteiger partial charge in [-0.3, -0.25) is 4.79 Å². The lowest BCUT2D eigenvalue weighted by Crippen LogP contribution is -2.37. The van der Waals surface area contributed by atoms with E-state index in [2.05, 4.69) is 16.9 Å². The predicted molar refractivity (Wildman–Crippen MR) is 87.7 cm³/mol. The zero-order chi connectivity index (χ0) is 15.7. The van der Waals surface area contributed by atoms with Crippen molar-refractivity contribution in [3.8, 4) is 0 Å². The van der Waals surface area contributed by atoms with Gasteiger partial charge >= 0.3 is 0 Å². The molecule has 2 atom stereocenters. The van der Waals surface area contributed by atoms with Crippen LogP contribution >= 0.6 is 0 Å². The van der Waals surface area contributed by atoms with Crippen molar-refractivity contribution in [3.63, 3.8) is 0 Å². The highest BCUT2D eigenvalue weighted by Gasteiger charge is 2.25. The Morgan fingerprint density at radius 2 is 2.23 bits per heavy atom. The van der Waals surface area contributed by atoms with Crippen molar-refractivity contribution in [2.24, 2.45) is 5.92 Å². The first-order chi connectivity index (χ1) is 10.6. The fourth-order valence-electron chi connectivity index (χ4n) is 3.38. The molecule has 5 heteroatoms. The second kappa shape index (κ2) is 6.08. The van der Waals surface area contributed by atoms with Gasteiger partial charge in [0.1, 0.15) is 6.04 Å². The van der Waals surface area contributed by atoms with E-state index >= 15 is 0 Å². The van der Waals surface area contributed by atoms with Gasteiger partial charge in [-0.1, -0.05) is 12.1 Å². The lowest BCUT2D eigenvalue weighted by Gasteiger charge is -2.25. The van der Waals surface area contributed by atoms with Crippen LogP contribution < -0.4 is 0 Å². The number of imidazole rings is 1. The van der Waals surface area contributed by atoms with Crippen LogP contribution in [0.3, 0.4) is 0 Å². The lowest BCUT2D eigenvalue weighted by molar-refractivity contribution is -0.133. The Hall–Kier alpha value is -1.88. The Bertz CT molecular complexity index is 665. The Kier molecular flexibility index (Phi) is 4.16. The third-order valence-corrected chi connectivity index (χ3v) is 4.65. The molecule has 0 saturated carbocycles. The Balaban J connectivity index is 1.71. The van der Waals surface area contributed by atoms with Gasteiger partial charge in [0, 0.05) is 20.1 Å². The fraction of sp³-hybridized carbons (Fsp3) is 0.529.